The van der Waals surface area contributed by atoms with Gasteiger partial charge in [-0.25, -0.2) is 13.1 Å². The Morgan fingerprint density at radius 2 is 2.24 bits per heavy atom. The van der Waals surface area contributed by atoms with Gasteiger partial charge in [-0.2, -0.15) is 5.26 Å². The summed E-state index contributed by atoms with van der Waals surface area (Å²) < 4.78 is 27.0. The molecule has 0 atom stereocenters. The molecule has 1 aromatic carbocycles. The zero-order chi connectivity index (χ0) is 15.3. The van der Waals surface area contributed by atoms with E-state index in [1.165, 1.54) is 17.7 Å². The average molecular weight is 305 g/mol. The molecule has 0 aliphatic carbocycles. The van der Waals surface area contributed by atoms with Crippen LogP contribution in [0.2, 0.25) is 0 Å². The highest BCUT2D eigenvalue weighted by Gasteiger charge is 2.15. The monoisotopic (exact) mass is 305 g/mol. The normalized spacial score (nSPS) is 15.3. The van der Waals surface area contributed by atoms with Crippen LogP contribution >= 0.6 is 0 Å². The van der Waals surface area contributed by atoms with Crippen LogP contribution in [0.3, 0.4) is 0 Å². The van der Waals surface area contributed by atoms with Crippen molar-refractivity contribution in [2.45, 2.75) is 24.7 Å². The lowest BCUT2D eigenvalue weighted by atomic mass is 10.1. The van der Waals surface area contributed by atoms with Crippen LogP contribution in [0.4, 0.5) is 0 Å². The van der Waals surface area contributed by atoms with Gasteiger partial charge >= 0.3 is 0 Å². The molecule has 0 amide bonds. The Morgan fingerprint density at radius 3 is 2.86 bits per heavy atom. The topological polar surface area (TPSA) is 82.0 Å². The van der Waals surface area contributed by atoms with Gasteiger partial charge in [-0.15, -0.1) is 0 Å². The maximum absolute atomic E-state index is 12.2. The molecule has 2 rings (SSSR count). The number of hydrogen-bond donors (Lipinski definition) is 2. The van der Waals surface area contributed by atoms with Gasteiger partial charge in [0.15, 0.2) is 0 Å². The minimum Gasteiger partial charge on any atom is -0.313 e. The molecule has 5 nitrogen and oxygen atoms in total. The quantitative estimate of drug-likeness (QED) is 0.807. The number of nitrogens with zero attached hydrogens (tertiary/aromatic N) is 1. The van der Waals surface area contributed by atoms with Gasteiger partial charge in [-0.3, -0.25) is 0 Å². The van der Waals surface area contributed by atoms with Gasteiger partial charge in [-0.1, -0.05) is 11.6 Å². The highest BCUT2D eigenvalue weighted by molar-refractivity contribution is 7.89. The van der Waals surface area contributed by atoms with Gasteiger partial charge in [0.1, 0.15) is 0 Å². The molecule has 0 spiro atoms. The molecular weight excluding hydrogens is 286 g/mol. The van der Waals surface area contributed by atoms with Gasteiger partial charge in [0.2, 0.25) is 10.0 Å². The SMILES string of the molecule is Cc1cc(S(=O)(=O)NCCC2=CCNCC2)ccc1C#N. The van der Waals surface area contributed by atoms with Crippen LogP contribution in [0.25, 0.3) is 0 Å². The molecule has 0 saturated carbocycles. The van der Waals surface area contributed by atoms with E-state index in [2.05, 4.69) is 16.1 Å². The van der Waals surface area contributed by atoms with E-state index in [-0.39, 0.29) is 4.90 Å². The molecule has 0 aromatic heterocycles. The fourth-order valence-electron chi connectivity index (χ4n) is 2.25. The molecule has 1 aliphatic rings. The van der Waals surface area contributed by atoms with Crippen molar-refractivity contribution in [2.24, 2.45) is 0 Å². The summed E-state index contributed by atoms with van der Waals surface area (Å²) in [6.45, 7) is 3.94. The lowest BCUT2D eigenvalue weighted by Crippen LogP contribution is -2.27. The molecule has 1 heterocycles. The van der Waals surface area contributed by atoms with Crippen LogP contribution < -0.4 is 10.0 Å². The minimum absolute atomic E-state index is 0.207. The summed E-state index contributed by atoms with van der Waals surface area (Å²) in [6.07, 6.45) is 3.82. The maximum atomic E-state index is 12.2. The molecule has 2 N–H and O–H groups in total. The molecule has 6 heteroatoms. The summed E-state index contributed by atoms with van der Waals surface area (Å²) in [5.74, 6) is 0. The summed E-state index contributed by atoms with van der Waals surface area (Å²) in [5, 5.41) is 12.1. The maximum Gasteiger partial charge on any atom is 0.240 e. The highest BCUT2D eigenvalue weighted by Crippen LogP contribution is 2.15. The lowest BCUT2D eigenvalue weighted by molar-refractivity contribution is 0.579. The third-order valence-electron chi connectivity index (χ3n) is 3.52. The average Bonchev–Trinajstić information content (AvgIpc) is 2.48. The Labute approximate surface area is 125 Å². The molecule has 112 valence electrons. The zero-order valence-electron chi connectivity index (χ0n) is 12.0. The molecular formula is C15H19N3O2S. The second-order valence-electron chi connectivity index (χ2n) is 5.05. The van der Waals surface area contributed by atoms with E-state index in [1.54, 1.807) is 13.0 Å². The van der Waals surface area contributed by atoms with E-state index >= 15 is 0 Å². The molecule has 21 heavy (non-hydrogen) atoms. The number of benzene rings is 1. The molecule has 1 aliphatic heterocycles. The number of nitriles is 1. The Morgan fingerprint density at radius 1 is 1.43 bits per heavy atom. The van der Waals surface area contributed by atoms with E-state index in [0.717, 1.165) is 25.9 Å². The van der Waals surface area contributed by atoms with Crippen LogP contribution in [-0.4, -0.2) is 28.1 Å². The van der Waals surface area contributed by atoms with Crippen LogP contribution in [0.15, 0.2) is 34.7 Å². The van der Waals surface area contributed by atoms with Gasteiger partial charge in [0.25, 0.3) is 0 Å². The number of nitrogens with one attached hydrogen (secondary N) is 2. The first kappa shape index (κ1) is 15.7. The van der Waals surface area contributed by atoms with Gasteiger partial charge < -0.3 is 5.32 Å². The van der Waals surface area contributed by atoms with E-state index < -0.39 is 10.0 Å². The second-order valence-corrected chi connectivity index (χ2v) is 6.82. The van der Waals surface area contributed by atoms with Crippen molar-refractivity contribution in [3.05, 3.63) is 41.0 Å². The minimum atomic E-state index is -3.51. The largest absolute Gasteiger partial charge is 0.313 e. The molecule has 1 aromatic rings. The first-order valence-electron chi connectivity index (χ1n) is 6.92. The fourth-order valence-corrected chi connectivity index (χ4v) is 3.37. The van der Waals surface area contributed by atoms with Crippen molar-refractivity contribution >= 4 is 10.0 Å². The number of aryl methyl sites for hydroxylation is 1. The molecule has 0 bridgehead atoms. The summed E-state index contributed by atoms with van der Waals surface area (Å²) in [6, 6.07) is 6.57. The van der Waals surface area contributed by atoms with Gasteiger partial charge in [-0.05, 0) is 50.1 Å². The van der Waals surface area contributed by atoms with E-state index in [4.69, 9.17) is 5.26 Å². The third kappa shape index (κ3) is 4.14. The van der Waals surface area contributed by atoms with Crippen molar-refractivity contribution in [3.63, 3.8) is 0 Å². The number of hydrogen-bond acceptors (Lipinski definition) is 4. The van der Waals surface area contributed by atoms with Crippen molar-refractivity contribution in [2.75, 3.05) is 19.6 Å². The Hall–Kier alpha value is -1.68. The van der Waals surface area contributed by atoms with Crippen LogP contribution in [0.5, 0.6) is 0 Å². The molecule has 0 fully saturated rings. The van der Waals surface area contributed by atoms with Crippen LogP contribution in [0.1, 0.15) is 24.0 Å². The van der Waals surface area contributed by atoms with Crippen LogP contribution in [-0.2, 0) is 10.0 Å². The molecule has 0 unspecified atom stereocenters. The summed E-state index contributed by atoms with van der Waals surface area (Å²) >= 11 is 0. The van der Waals surface area contributed by atoms with E-state index in [9.17, 15) is 8.42 Å². The highest BCUT2D eigenvalue weighted by atomic mass is 32.2. The first-order chi connectivity index (χ1) is 10.0. The first-order valence-corrected chi connectivity index (χ1v) is 8.40. The van der Waals surface area contributed by atoms with Crippen molar-refractivity contribution < 1.29 is 8.42 Å². The Balaban J connectivity index is 2.00. The van der Waals surface area contributed by atoms with Crippen molar-refractivity contribution in [1.82, 2.24) is 10.0 Å². The fraction of sp³-hybridized carbons (Fsp3) is 0.400. The van der Waals surface area contributed by atoms with Crippen molar-refractivity contribution in [3.8, 4) is 6.07 Å². The van der Waals surface area contributed by atoms with E-state index in [1.807, 2.05) is 6.07 Å². The smallest absolute Gasteiger partial charge is 0.240 e. The van der Waals surface area contributed by atoms with E-state index in [0.29, 0.717) is 17.7 Å². The van der Waals surface area contributed by atoms with Crippen molar-refractivity contribution in [1.29, 1.82) is 5.26 Å². The summed E-state index contributed by atoms with van der Waals surface area (Å²) in [5.41, 5.74) is 2.45. The standard InChI is InChI=1S/C15H19N3O2S/c1-12-10-15(3-2-14(12)11-16)21(19,20)18-9-6-13-4-7-17-8-5-13/h2-4,10,17-18H,5-9H2,1H3. The Kier molecular flexibility index (Phi) is 5.12. The van der Waals surface area contributed by atoms with Crippen LogP contribution in [0, 0.1) is 18.3 Å². The summed E-state index contributed by atoms with van der Waals surface area (Å²) in [4.78, 5) is 0.207. The second kappa shape index (κ2) is 6.85. The van der Waals surface area contributed by atoms with Gasteiger partial charge in [0.05, 0.1) is 16.5 Å². The molecule has 0 saturated heterocycles. The zero-order valence-corrected chi connectivity index (χ0v) is 12.8. The molecule has 0 radical (unpaired) electrons. The van der Waals surface area contributed by atoms with Gasteiger partial charge in [0, 0.05) is 13.1 Å². The lowest BCUT2D eigenvalue weighted by Gasteiger charge is -2.14. The predicted molar refractivity (Wildman–Crippen MR) is 81.3 cm³/mol. The number of sulfonamides is 1. The summed E-state index contributed by atoms with van der Waals surface area (Å²) in [7, 11) is -3.51. The predicted octanol–water partition coefficient (Wildman–Crippen LogP) is 1.45. The third-order valence-corrected chi connectivity index (χ3v) is 4.98. The number of rotatable bonds is 5. The Bertz CT molecular complexity index is 687.